The monoisotopic (exact) mass is 333 g/mol. The zero-order valence-electron chi connectivity index (χ0n) is 12.9. The maximum atomic E-state index is 12.8. The Morgan fingerprint density at radius 2 is 1.80 bits per heavy atom. The van der Waals surface area contributed by atoms with E-state index in [1.54, 1.807) is 36.4 Å². The molecule has 0 saturated heterocycles. The first-order chi connectivity index (χ1) is 12.2. The van der Waals surface area contributed by atoms with E-state index in [1.165, 1.54) is 30.5 Å². The van der Waals surface area contributed by atoms with Crippen LogP contribution in [-0.4, -0.2) is 12.1 Å². The van der Waals surface area contributed by atoms with Crippen LogP contribution in [-0.2, 0) is 0 Å². The first-order valence-electron chi connectivity index (χ1n) is 7.35. The first kappa shape index (κ1) is 16.1. The van der Waals surface area contributed by atoms with Crippen molar-refractivity contribution in [3.05, 3.63) is 83.4 Å². The van der Waals surface area contributed by atoms with Gasteiger partial charge in [-0.3, -0.25) is 4.79 Å². The van der Waals surface area contributed by atoms with Crippen molar-refractivity contribution in [2.45, 2.75) is 0 Å². The zero-order chi connectivity index (χ0) is 17.6. The minimum Gasteiger partial charge on any atom is -0.455 e. The van der Waals surface area contributed by atoms with E-state index in [1.807, 2.05) is 0 Å². The number of halogens is 1. The van der Waals surface area contributed by atoms with Gasteiger partial charge in [-0.15, -0.1) is 0 Å². The summed E-state index contributed by atoms with van der Waals surface area (Å²) in [6, 6.07) is 17.7. The van der Waals surface area contributed by atoms with Gasteiger partial charge in [0.1, 0.15) is 17.3 Å². The Labute approximate surface area is 143 Å². The molecule has 1 aromatic heterocycles. The van der Waals surface area contributed by atoms with Crippen molar-refractivity contribution in [3.63, 3.8) is 0 Å². The van der Waals surface area contributed by atoms with Crippen LogP contribution in [0.15, 0.2) is 70.2 Å². The Morgan fingerprint density at radius 3 is 2.48 bits per heavy atom. The molecule has 0 bridgehead atoms. The van der Waals surface area contributed by atoms with Gasteiger partial charge in [-0.05, 0) is 60.7 Å². The van der Waals surface area contributed by atoms with Crippen molar-refractivity contribution in [2.24, 2.45) is 5.10 Å². The van der Waals surface area contributed by atoms with E-state index >= 15 is 0 Å². The molecular formula is C19H12FN3O2. The highest BCUT2D eigenvalue weighted by molar-refractivity contribution is 5.94. The van der Waals surface area contributed by atoms with Crippen molar-refractivity contribution in [3.8, 4) is 17.4 Å². The fourth-order valence-electron chi connectivity index (χ4n) is 2.11. The second-order valence-corrected chi connectivity index (χ2v) is 5.10. The van der Waals surface area contributed by atoms with Crippen LogP contribution in [0.4, 0.5) is 4.39 Å². The Morgan fingerprint density at radius 1 is 1.08 bits per heavy atom. The Bertz CT molecular complexity index is 952. The summed E-state index contributed by atoms with van der Waals surface area (Å²) in [7, 11) is 0. The normalized spacial score (nSPS) is 10.6. The number of hydrogen-bond acceptors (Lipinski definition) is 4. The number of amides is 1. The maximum Gasteiger partial charge on any atom is 0.271 e. The average Bonchev–Trinajstić information content (AvgIpc) is 3.11. The van der Waals surface area contributed by atoms with Crippen molar-refractivity contribution >= 4 is 12.1 Å². The van der Waals surface area contributed by atoms with Crippen LogP contribution in [0.3, 0.4) is 0 Å². The van der Waals surface area contributed by atoms with Crippen LogP contribution in [0.25, 0.3) is 11.3 Å². The highest BCUT2D eigenvalue weighted by Crippen LogP contribution is 2.21. The van der Waals surface area contributed by atoms with Gasteiger partial charge in [-0.2, -0.15) is 10.4 Å². The molecule has 1 heterocycles. The maximum absolute atomic E-state index is 12.8. The summed E-state index contributed by atoms with van der Waals surface area (Å²) in [6.45, 7) is 0. The molecule has 0 radical (unpaired) electrons. The summed E-state index contributed by atoms with van der Waals surface area (Å²) >= 11 is 0. The number of furan rings is 1. The quantitative estimate of drug-likeness (QED) is 0.584. The average molecular weight is 333 g/mol. The molecule has 0 aliphatic carbocycles. The molecule has 122 valence electrons. The van der Waals surface area contributed by atoms with Crippen LogP contribution in [0.2, 0.25) is 0 Å². The molecule has 0 unspecified atom stereocenters. The van der Waals surface area contributed by atoms with Gasteiger partial charge in [0.15, 0.2) is 0 Å². The Balaban J connectivity index is 1.64. The van der Waals surface area contributed by atoms with Gasteiger partial charge in [-0.1, -0.05) is 0 Å². The summed E-state index contributed by atoms with van der Waals surface area (Å²) in [4.78, 5) is 11.8. The molecule has 0 atom stereocenters. The molecule has 0 saturated carbocycles. The zero-order valence-corrected chi connectivity index (χ0v) is 12.9. The van der Waals surface area contributed by atoms with Crippen LogP contribution < -0.4 is 5.43 Å². The third-order valence-corrected chi connectivity index (χ3v) is 3.39. The topological polar surface area (TPSA) is 78.4 Å². The van der Waals surface area contributed by atoms with Crippen molar-refractivity contribution < 1.29 is 13.6 Å². The van der Waals surface area contributed by atoms with Gasteiger partial charge in [0, 0.05) is 11.1 Å². The number of nitrogens with zero attached hydrogens (tertiary/aromatic N) is 2. The molecule has 0 aliphatic heterocycles. The van der Waals surface area contributed by atoms with E-state index in [9.17, 15) is 9.18 Å². The number of benzene rings is 2. The molecule has 6 heteroatoms. The summed E-state index contributed by atoms with van der Waals surface area (Å²) in [6.07, 6.45) is 1.37. The smallest absolute Gasteiger partial charge is 0.271 e. The van der Waals surface area contributed by atoms with Gasteiger partial charge in [-0.25, -0.2) is 9.82 Å². The Hall–Kier alpha value is -3.72. The summed E-state index contributed by atoms with van der Waals surface area (Å²) in [5, 5.41) is 12.6. The molecule has 5 nitrogen and oxygen atoms in total. The number of hydrazone groups is 1. The van der Waals surface area contributed by atoms with Crippen LogP contribution in [0.5, 0.6) is 0 Å². The molecule has 0 spiro atoms. The summed E-state index contributed by atoms with van der Waals surface area (Å²) < 4.78 is 18.4. The molecule has 0 fully saturated rings. The SMILES string of the molecule is N#Cc1ccc(-c2ccc(/C=N/NC(=O)c3ccc(F)cc3)o2)cc1. The first-order valence-corrected chi connectivity index (χ1v) is 7.35. The third-order valence-electron chi connectivity index (χ3n) is 3.39. The van der Waals surface area contributed by atoms with E-state index in [-0.39, 0.29) is 0 Å². The van der Waals surface area contributed by atoms with Crippen LogP contribution in [0, 0.1) is 17.1 Å². The molecule has 3 aromatic rings. The van der Waals surface area contributed by atoms with Gasteiger partial charge in [0.05, 0.1) is 17.8 Å². The highest BCUT2D eigenvalue weighted by atomic mass is 19.1. The minimum atomic E-state index is -0.449. The fourth-order valence-corrected chi connectivity index (χ4v) is 2.11. The lowest BCUT2D eigenvalue weighted by Gasteiger charge is -1.99. The summed E-state index contributed by atoms with van der Waals surface area (Å²) in [5.41, 5.74) is 4.04. The van der Waals surface area contributed by atoms with Crippen molar-refractivity contribution in [1.82, 2.24) is 5.43 Å². The number of carbonyl (C=O) groups is 1. The number of nitriles is 1. The van der Waals surface area contributed by atoms with E-state index in [0.29, 0.717) is 22.6 Å². The number of hydrogen-bond donors (Lipinski definition) is 1. The number of rotatable bonds is 4. The van der Waals surface area contributed by atoms with Gasteiger partial charge < -0.3 is 4.42 Å². The number of carbonyl (C=O) groups excluding carboxylic acids is 1. The third kappa shape index (κ3) is 3.98. The van der Waals surface area contributed by atoms with Gasteiger partial charge in [0.25, 0.3) is 5.91 Å². The van der Waals surface area contributed by atoms with Crippen molar-refractivity contribution in [1.29, 1.82) is 5.26 Å². The van der Waals surface area contributed by atoms with Gasteiger partial charge >= 0.3 is 0 Å². The molecule has 0 aliphatic rings. The van der Waals surface area contributed by atoms with Crippen LogP contribution >= 0.6 is 0 Å². The summed E-state index contributed by atoms with van der Waals surface area (Å²) in [5.74, 6) is 0.218. The second kappa shape index (κ2) is 7.23. The van der Waals surface area contributed by atoms with E-state index < -0.39 is 11.7 Å². The van der Waals surface area contributed by atoms with Crippen molar-refractivity contribution in [2.75, 3.05) is 0 Å². The molecular weight excluding hydrogens is 321 g/mol. The largest absolute Gasteiger partial charge is 0.455 e. The van der Waals surface area contributed by atoms with E-state index in [4.69, 9.17) is 9.68 Å². The molecule has 1 N–H and O–H groups in total. The number of nitrogens with one attached hydrogen (secondary N) is 1. The van der Waals surface area contributed by atoms with Gasteiger partial charge in [0.2, 0.25) is 0 Å². The predicted octanol–water partition coefficient (Wildman–Crippen LogP) is 3.72. The molecule has 2 aromatic carbocycles. The lowest BCUT2D eigenvalue weighted by atomic mass is 10.1. The van der Waals surface area contributed by atoms with E-state index in [2.05, 4.69) is 16.6 Å². The lowest BCUT2D eigenvalue weighted by Crippen LogP contribution is -2.17. The molecule has 1 amide bonds. The minimum absolute atomic E-state index is 0.302. The molecule has 25 heavy (non-hydrogen) atoms. The predicted molar refractivity (Wildman–Crippen MR) is 90.3 cm³/mol. The van der Waals surface area contributed by atoms with E-state index in [0.717, 1.165) is 5.56 Å². The highest BCUT2D eigenvalue weighted by Gasteiger charge is 2.05. The molecule has 3 rings (SSSR count). The lowest BCUT2D eigenvalue weighted by molar-refractivity contribution is 0.0955. The fraction of sp³-hybridized carbons (Fsp3) is 0. The standard InChI is InChI=1S/C19H12FN3O2/c20-16-7-5-15(6-8-16)19(24)23-22-12-17-9-10-18(25-17)14-3-1-13(11-21)2-4-14/h1-10,12H,(H,23,24)/b22-12+. The van der Waals surface area contributed by atoms with Crippen LogP contribution in [0.1, 0.15) is 21.7 Å². The Kier molecular flexibility index (Phi) is 4.67. The second-order valence-electron chi connectivity index (χ2n) is 5.10.